The summed E-state index contributed by atoms with van der Waals surface area (Å²) in [6.45, 7) is 6.90. The maximum Gasteiger partial charge on any atom is 0.330 e. The molecule has 0 radical (unpaired) electrons. The smallest absolute Gasteiger partial charge is 0.330 e. The summed E-state index contributed by atoms with van der Waals surface area (Å²) in [6.07, 6.45) is 0.791. The van der Waals surface area contributed by atoms with Crippen molar-refractivity contribution in [1.82, 2.24) is 10.2 Å². The molecular formula is C17H24N2O3. The molecule has 1 aliphatic rings. The van der Waals surface area contributed by atoms with Gasteiger partial charge < -0.3 is 15.3 Å². The van der Waals surface area contributed by atoms with Crippen LogP contribution in [0.25, 0.3) is 0 Å². The summed E-state index contributed by atoms with van der Waals surface area (Å²) < 4.78 is 0. The number of carboxylic acids is 1. The van der Waals surface area contributed by atoms with Crippen molar-refractivity contribution in [2.24, 2.45) is 11.8 Å². The lowest BCUT2D eigenvalue weighted by atomic mass is 10.0. The minimum atomic E-state index is -1.03. The van der Waals surface area contributed by atoms with Crippen molar-refractivity contribution in [1.29, 1.82) is 0 Å². The number of nitrogens with zero attached hydrogens (tertiary/aromatic N) is 1. The van der Waals surface area contributed by atoms with Crippen LogP contribution in [0.2, 0.25) is 0 Å². The summed E-state index contributed by atoms with van der Waals surface area (Å²) in [5.74, 6) is -0.749. The number of rotatable bonds is 6. The van der Waals surface area contributed by atoms with Crippen LogP contribution in [0.5, 0.6) is 0 Å². The second-order valence-electron chi connectivity index (χ2n) is 6.33. The fourth-order valence-electron chi connectivity index (χ4n) is 2.92. The molecule has 1 fully saturated rings. The maximum absolute atomic E-state index is 12.4. The largest absolute Gasteiger partial charge is 0.479 e. The number of carbonyl (C=O) groups excluding carboxylic acids is 1. The Morgan fingerprint density at radius 1 is 1.32 bits per heavy atom. The summed E-state index contributed by atoms with van der Waals surface area (Å²) in [5, 5.41) is 12.0. The van der Waals surface area contributed by atoms with E-state index in [1.54, 1.807) is 24.3 Å². The van der Waals surface area contributed by atoms with Gasteiger partial charge in [0.2, 0.25) is 5.91 Å². The van der Waals surface area contributed by atoms with Crippen LogP contribution in [-0.4, -0.2) is 41.5 Å². The first-order chi connectivity index (χ1) is 10.5. The number of aliphatic carboxylic acids is 1. The maximum atomic E-state index is 12.4. The van der Waals surface area contributed by atoms with Gasteiger partial charge in [-0.15, -0.1) is 0 Å². The molecule has 0 aliphatic carbocycles. The van der Waals surface area contributed by atoms with E-state index in [9.17, 15) is 14.7 Å². The predicted octanol–water partition coefficient (Wildman–Crippen LogP) is 1.91. The highest BCUT2D eigenvalue weighted by Gasteiger charge is 2.31. The quantitative estimate of drug-likeness (QED) is 0.842. The Labute approximate surface area is 131 Å². The van der Waals surface area contributed by atoms with Gasteiger partial charge in [0.15, 0.2) is 6.04 Å². The molecule has 0 bridgehead atoms. The summed E-state index contributed by atoms with van der Waals surface area (Å²) in [6, 6.07) is 7.84. The molecule has 5 nitrogen and oxygen atoms in total. The van der Waals surface area contributed by atoms with Crippen molar-refractivity contribution < 1.29 is 14.7 Å². The molecule has 1 heterocycles. The van der Waals surface area contributed by atoms with Gasteiger partial charge in [0.25, 0.3) is 0 Å². The van der Waals surface area contributed by atoms with Crippen molar-refractivity contribution >= 4 is 11.9 Å². The normalized spacial score (nSPS) is 20.0. The zero-order valence-corrected chi connectivity index (χ0v) is 13.2. The third-order valence-electron chi connectivity index (χ3n) is 3.93. The first-order valence-electron chi connectivity index (χ1n) is 7.78. The Morgan fingerprint density at radius 3 is 2.59 bits per heavy atom. The van der Waals surface area contributed by atoms with Crippen LogP contribution in [0.15, 0.2) is 30.3 Å². The van der Waals surface area contributed by atoms with Crippen molar-refractivity contribution in [3.63, 3.8) is 0 Å². The molecule has 1 aliphatic heterocycles. The highest BCUT2D eigenvalue weighted by atomic mass is 16.4. The van der Waals surface area contributed by atoms with Crippen molar-refractivity contribution in [3.05, 3.63) is 35.9 Å². The Balaban J connectivity index is 1.97. The summed E-state index contributed by atoms with van der Waals surface area (Å²) in [5.41, 5.74) is 0.598. The average Bonchev–Trinajstić information content (AvgIpc) is 2.93. The molecule has 1 aromatic carbocycles. The van der Waals surface area contributed by atoms with Crippen molar-refractivity contribution in [2.75, 3.05) is 19.6 Å². The highest BCUT2D eigenvalue weighted by molar-refractivity contribution is 5.86. The molecule has 1 saturated heterocycles. The summed E-state index contributed by atoms with van der Waals surface area (Å²) >= 11 is 0. The SMILES string of the molecule is CC(C)CN1CC[C@H](C(=O)N[C@H](C(=O)O)c2ccccc2)C1. The van der Waals surface area contributed by atoms with Crippen molar-refractivity contribution in [3.8, 4) is 0 Å². The minimum Gasteiger partial charge on any atom is -0.479 e. The third-order valence-corrected chi connectivity index (χ3v) is 3.93. The minimum absolute atomic E-state index is 0.121. The molecule has 22 heavy (non-hydrogen) atoms. The van der Waals surface area contributed by atoms with E-state index in [2.05, 4.69) is 24.1 Å². The zero-order chi connectivity index (χ0) is 16.1. The van der Waals surface area contributed by atoms with Gasteiger partial charge in [0, 0.05) is 13.1 Å². The van der Waals surface area contributed by atoms with Gasteiger partial charge in [-0.1, -0.05) is 44.2 Å². The van der Waals surface area contributed by atoms with Gasteiger partial charge in [-0.05, 0) is 24.4 Å². The van der Waals surface area contributed by atoms with E-state index in [0.717, 1.165) is 19.5 Å². The van der Waals surface area contributed by atoms with E-state index in [0.29, 0.717) is 18.0 Å². The van der Waals surface area contributed by atoms with Gasteiger partial charge in [-0.2, -0.15) is 0 Å². The Hall–Kier alpha value is -1.88. The first-order valence-corrected chi connectivity index (χ1v) is 7.78. The van der Waals surface area contributed by atoms with Gasteiger partial charge in [0.05, 0.1) is 5.92 Å². The molecular weight excluding hydrogens is 280 g/mol. The van der Waals surface area contributed by atoms with Crippen LogP contribution in [0, 0.1) is 11.8 Å². The predicted molar refractivity (Wildman–Crippen MR) is 84.3 cm³/mol. The Bertz CT molecular complexity index is 516. The number of benzene rings is 1. The van der Waals surface area contributed by atoms with Crippen LogP contribution < -0.4 is 5.32 Å². The average molecular weight is 304 g/mol. The number of carboxylic acid groups (broad SMARTS) is 1. The lowest BCUT2D eigenvalue weighted by Gasteiger charge is -2.19. The number of carbonyl (C=O) groups is 2. The van der Waals surface area contributed by atoms with E-state index >= 15 is 0 Å². The molecule has 0 aromatic heterocycles. The lowest BCUT2D eigenvalue weighted by molar-refractivity contribution is -0.142. The number of amides is 1. The second-order valence-corrected chi connectivity index (χ2v) is 6.33. The molecule has 1 amide bonds. The molecule has 5 heteroatoms. The van der Waals surface area contributed by atoms with Crippen LogP contribution in [0.4, 0.5) is 0 Å². The molecule has 120 valence electrons. The number of hydrogen-bond acceptors (Lipinski definition) is 3. The van der Waals surface area contributed by atoms with E-state index in [-0.39, 0.29) is 11.8 Å². The first kappa shape index (κ1) is 16.5. The number of nitrogens with one attached hydrogen (secondary N) is 1. The molecule has 0 saturated carbocycles. The van der Waals surface area contributed by atoms with Crippen LogP contribution in [0.1, 0.15) is 31.9 Å². The zero-order valence-electron chi connectivity index (χ0n) is 13.2. The standard InChI is InChI=1S/C17H24N2O3/c1-12(2)10-19-9-8-14(11-19)16(20)18-15(17(21)22)13-6-4-3-5-7-13/h3-7,12,14-15H,8-11H2,1-2H3,(H,18,20)(H,21,22)/t14-,15-/m0/s1. The lowest BCUT2D eigenvalue weighted by Crippen LogP contribution is -2.39. The number of hydrogen-bond donors (Lipinski definition) is 2. The fraction of sp³-hybridized carbons (Fsp3) is 0.529. The van der Waals surface area contributed by atoms with Gasteiger partial charge in [0.1, 0.15) is 0 Å². The van der Waals surface area contributed by atoms with Gasteiger partial charge >= 0.3 is 5.97 Å². The van der Waals surface area contributed by atoms with Crippen LogP contribution in [0.3, 0.4) is 0 Å². The van der Waals surface area contributed by atoms with E-state index in [4.69, 9.17) is 0 Å². The molecule has 2 rings (SSSR count). The molecule has 0 unspecified atom stereocenters. The second kappa shape index (κ2) is 7.40. The molecule has 0 spiro atoms. The van der Waals surface area contributed by atoms with Crippen molar-refractivity contribution in [2.45, 2.75) is 26.3 Å². The highest BCUT2D eigenvalue weighted by Crippen LogP contribution is 2.20. The molecule has 2 N–H and O–H groups in total. The third kappa shape index (κ3) is 4.31. The Kier molecular flexibility index (Phi) is 5.55. The van der Waals surface area contributed by atoms with E-state index in [1.165, 1.54) is 0 Å². The number of likely N-dealkylation sites (tertiary alicyclic amines) is 1. The van der Waals surface area contributed by atoms with Crippen LogP contribution in [-0.2, 0) is 9.59 Å². The van der Waals surface area contributed by atoms with Gasteiger partial charge in [-0.3, -0.25) is 4.79 Å². The van der Waals surface area contributed by atoms with E-state index < -0.39 is 12.0 Å². The Morgan fingerprint density at radius 2 is 2.00 bits per heavy atom. The monoisotopic (exact) mass is 304 g/mol. The topological polar surface area (TPSA) is 69.6 Å². The van der Waals surface area contributed by atoms with E-state index in [1.807, 2.05) is 6.07 Å². The molecule has 2 atom stereocenters. The summed E-state index contributed by atoms with van der Waals surface area (Å²) in [7, 11) is 0. The fourth-order valence-corrected chi connectivity index (χ4v) is 2.92. The van der Waals surface area contributed by atoms with Crippen LogP contribution >= 0.6 is 0 Å². The van der Waals surface area contributed by atoms with Gasteiger partial charge in [-0.25, -0.2) is 4.79 Å². The molecule has 1 aromatic rings. The summed E-state index contributed by atoms with van der Waals surface area (Å²) in [4.78, 5) is 26.1.